The molecular weight excluding hydrogens is 504 g/mol. The smallest absolute Gasteiger partial charge is 0.244 e. The first kappa shape index (κ1) is 26.3. The minimum atomic E-state index is -3.66. The number of aromatic hydroxyl groups is 1. The standard InChI is InChI=1S/C24H28N6O4S.ClH/c25-16-18-1-3-20-22(15-18)27-24(31)23(20)21-4-2-19(17-26-21)35(32,33)30-9-7-28(8-10-30)5-6-29-11-13-34-14-12-29;/h1-4,15,17,27,31H,5-14H2;1H. The van der Waals surface area contributed by atoms with Gasteiger partial charge in [-0.15, -0.1) is 12.4 Å². The van der Waals surface area contributed by atoms with Crippen molar-refractivity contribution in [3.8, 4) is 23.2 Å². The van der Waals surface area contributed by atoms with Gasteiger partial charge in [-0.3, -0.25) is 14.8 Å². The van der Waals surface area contributed by atoms with Crippen LogP contribution in [0.3, 0.4) is 0 Å². The van der Waals surface area contributed by atoms with Crippen molar-refractivity contribution in [2.75, 3.05) is 65.6 Å². The van der Waals surface area contributed by atoms with Crippen LogP contribution < -0.4 is 0 Å². The van der Waals surface area contributed by atoms with Gasteiger partial charge in [0, 0.05) is 63.9 Å². The largest absolute Gasteiger partial charge is 0.494 e. The van der Waals surface area contributed by atoms with E-state index in [1.807, 2.05) is 0 Å². The van der Waals surface area contributed by atoms with Crippen molar-refractivity contribution < 1.29 is 18.3 Å². The Balaban J connectivity index is 0.00000304. The molecule has 1 aromatic carbocycles. The predicted molar refractivity (Wildman–Crippen MR) is 138 cm³/mol. The van der Waals surface area contributed by atoms with Gasteiger partial charge in [0.15, 0.2) is 5.88 Å². The number of nitriles is 1. The lowest BCUT2D eigenvalue weighted by Crippen LogP contribution is -2.50. The molecule has 5 rings (SSSR count). The molecule has 3 aromatic rings. The summed E-state index contributed by atoms with van der Waals surface area (Å²) in [5.41, 5.74) is 2.01. The molecule has 4 heterocycles. The van der Waals surface area contributed by atoms with Gasteiger partial charge in [-0.05, 0) is 24.3 Å². The van der Waals surface area contributed by atoms with Crippen molar-refractivity contribution >= 4 is 33.3 Å². The van der Waals surface area contributed by atoms with E-state index in [-0.39, 0.29) is 23.2 Å². The van der Waals surface area contributed by atoms with Crippen molar-refractivity contribution in [2.24, 2.45) is 0 Å². The van der Waals surface area contributed by atoms with Gasteiger partial charge >= 0.3 is 0 Å². The third-order valence-corrected chi connectivity index (χ3v) is 8.59. The molecule has 192 valence electrons. The Kier molecular flexibility index (Phi) is 8.14. The second kappa shape index (κ2) is 11.1. The highest BCUT2D eigenvalue weighted by atomic mass is 35.5. The quantitative estimate of drug-likeness (QED) is 0.493. The number of aromatic amines is 1. The van der Waals surface area contributed by atoms with E-state index in [0.717, 1.165) is 39.4 Å². The van der Waals surface area contributed by atoms with Crippen LogP contribution in [0.25, 0.3) is 22.2 Å². The molecule has 0 atom stereocenters. The number of piperazine rings is 1. The van der Waals surface area contributed by atoms with E-state index in [9.17, 15) is 13.5 Å². The summed E-state index contributed by atoms with van der Waals surface area (Å²) < 4.78 is 33.3. The number of nitrogens with zero attached hydrogens (tertiary/aromatic N) is 5. The normalized spacial score (nSPS) is 18.1. The Morgan fingerprint density at radius 1 is 1.03 bits per heavy atom. The Morgan fingerprint density at radius 3 is 2.36 bits per heavy atom. The van der Waals surface area contributed by atoms with E-state index in [0.29, 0.717) is 53.9 Å². The second-order valence-corrected chi connectivity index (χ2v) is 10.7. The SMILES string of the molecule is Cl.N#Cc1ccc2c(-c3ccc(S(=O)(=O)N4CCN(CCN5CCOCC5)CC4)cn3)c(O)[nH]c2c1. The Morgan fingerprint density at radius 2 is 1.72 bits per heavy atom. The molecule has 0 aliphatic carbocycles. The summed E-state index contributed by atoms with van der Waals surface area (Å²) >= 11 is 0. The van der Waals surface area contributed by atoms with Crippen LogP contribution in [-0.4, -0.2) is 103 Å². The Hall–Kier alpha value is -2.72. The van der Waals surface area contributed by atoms with Gasteiger partial charge in [-0.25, -0.2) is 8.42 Å². The van der Waals surface area contributed by atoms with Crippen LogP contribution in [0.5, 0.6) is 5.88 Å². The van der Waals surface area contributed by atoms with Crippen LogP contribution >= 0.6 is 12.4 Å². The third-order valence-electron chi connectivity index (χ3n) is 6.71. The topological polar surface area (TPSA) is 126 Å². The molecule has 0 spiro atoms. The van der Waals surface area contributed by atoms with Crippen molar-refractivity contribution in [3.05, 3.63) is 42.1 Å². The number of aromatic nitrogens is 2. The summed E-state index contributed by atoms with van der Waals surface area (Å²) in [6.45, 7) is 7.64. The molecule has 2 saturated heterocycles. The monoisotopic (exact) mass is 532 g/mol. The highest BCUT2D eigenvalue weighted by Gasteiger charge is 2.29. The van der Waals surface area contributed by atoms with E-state index in [4.69, 9.17) is 10.00 Å². The zero-order valence-corrected chi connectivity index (χ0v) is 21.4. The van der Waals surface area contributed by atoms with E-state index in [1.54, 1.807) is 24.3 Å². The van der Waals surface area contributed by atoms with Crippen molar-refractivity contribution in [3.63, 3.8) is 0 Å². The molecule has 10 nitrogen and oxygen atoms in total. The fourth-order valence-corrected chi connectivity index (χ4v) is 6.01. The Labute approximate surface area is 216 Å². The van der Waals surface area contributed by atoms with E-state index >= 15 is 0 Å². The number of halogens is 1. The zero-order chi connectivity index (χ0) is 24.4. The maximum absolute atomic E-state index is 13.2. The minimum Gasteiger partial charge on any atom is -0.494 e. The summed E-state index contributed by atoms with van der Waals surface area (Å²) in [7, 11) is -3.66. The van der Waals surface area contributed by atoms with Crippen molar-refractivity contribution in [1.29, 1.82) is 5.26 Å². The number of hydrogen-bond donors (Lipinski definition) is 2. The first-order valence-electron chi connectivity index (χ1n) is 11.7. The van der Waals surface area contributed by atoms with Crippen LogP contribution in [0.15, 0.2) is 41.4 Å². The number of fused-ring (bicyclic) bond motifs is 1. The molecule has 0 saturated carbocycles. The summed E-state index contributed by atoms with van der Waals surface area (Å²) in [5, 5.41) is 20.2. The molecule has 0 bridgehead atoms. The number of H-pyrrole nitrogens is 1. The van der Waals surface area contributed by atoms with Crippen LogP contribution in [0.1, 0.15) is 5.56 Å². The number of hydrogen-bond acceptors (Lipinski definition) is 8. The second-order valence-electron chi connectivity index (χ2n) is 8.80. The Bertz CT molecular complexity index is 1340. The van der Waals surface area contributed by atoms with Gasteiger partial charge in [0.25, 0.3) is 0 Å². The fourth-order valence-electron chi connectivity index (χ4n) is 4.64. The van der Waals surface area contributed by atoms with E-state index < -0.39 is 10.0 Å². The minimum absolute atomic E-state index is 0. The number of morpholine rings is 1. The molecule has 2 N–H and O–H groups in total. The average Bonchev–Trinajstić information content (AvgIpc) is 3.23. The lowest BCUT2D eigenvalue weighted by atomic mass is 10.1. The predicted octanol–water partition coefficient (Wildman–Crippen LogP) is 1.87. The van der Waals surface area contributed by atoms with Crippen molar-refractivity contribution in [2.45, 2.75) is 4.90 Å². The number of pyridine rings is 1. The molecule has 12 heteroatoms. The van der Waals surface area contributed by atoms with Gasteiger partial charge in [0.1, 0.15) is 4.90 Å². The summed E-state index contributed by atoms with van der Waals surface area (Å²) in [6.07, 6.45) is 1.34. The average molecular weight is 533 g/mol. The third kappa shape index (κ3) is 5.34. The number of benzene rings is 1. The lowest BCUT2D eigenvalue weighted by molar-refractivity contribution is 0.0317. The van der Waals surface area contributed by atoms with Crippen molar-refractivity contribution in [1.82, 2.24) is 24.1 Å². The fraction of sp³-hybridized carbons (Fsp3) is 0.417. The van der Waals surface area contributed by atoms with Crippen LogP contribution in [0.2, 0.25) is 0 Å². The zero-order valence-electron chi connectivity index (χ0n) is 19.8. The lowest BCUT2D eigenvalue weighted by Gasteiger charge is -2.35. The number of rotatable bonds is 6. The van der Waals surface area contributed by atoms with Gasteiger partial charge in [0.05, 0.1) is 41.6 Å². The highest BCUT2D eigenvalue weighted by Crippen LogP contribution is 2.36. The molecular formula is C24H29ClN6O4S. The number of nitrogens with one attached hydrogen (secondary N) is 1. The van der Waals surface area contributed by atoms with Gasteiger partial charge < -0.3 is 14.8 Å². The van der Waals surface area contributed by atoms with Crippen LogP contribution in [-0.2, 0) is 14.8 Å². The van der Waals surface area contributed by atoms with Crippen LogP contribution in [0.4, 0.5) is 0 Å². The molecule has 36 heavy (non-hydrogen) atoms. The number of ether oxygens (including phenoxy) is 1. The van der Waals surface area contributed by atoms with E-state index in [1.165, 1.54) is 16.6 Å². The first-order chi connectivity index (χ1) is 17.0. The van der Waals surface area contributed by atoms with Gasteiger partial charge in [-0.2, -0.15) is 9.57 Å². The van der Waals surface area contributed by atoms with Gasteiger partial charge in [-0.1, -0.05) is 6.07 Å². The molecule has 2 aliphatic rings. The molecule has 0 unspecified atom stereocenters. The van der Waals surface area contributed by atoms with E-state index in [2.05, 4.69) is 25.8 Å². The molecule has 0 radical (unpaired) electrons. The summed E-state index contributed by atoms with van der Waals surface area (Å²) in [6, 6.07) is 10.3. The maximum Gasteiger partial charge on any atom is 0.244 e. The highest BCUT2D eigenvalue weighted by molar-refractivity contribution is 7.89. The summed E-state index contributed by atoms with van der Waals surface area (Å²) in [5.74, 6) is -0.0774. The first-order valence-corrected chi connectivity index (χ1v) is 13.1. The number of sulfonamides is 1. The molecule has 2 aliphatic heterocycles. The maximum atomic E-state index is 13.2. The molecule has 2 aromatic heterocycles. The molecule has 2 fully saturated rings. The van der Waals surface area contributed by atoms with Gasteiger partial charge in [0.2, 0.25) is 10.0 Å². The van der Waals surface area contributed by atoms with Crippen LogP contribution in [0, 0.1) is 11.3 Å². The molecule has 0 amide bonds. The summed E-state index contributed by atoms with van der Waals surface area (Å²) in [4.78, 5) is 12.0.